The molecule has 0 radical (unpaired) electrons. The molecule has 8 heteroatoms. The molecule has 0 amide bonds. The van der Waals surface area contributed by atoms with E-state index in [9.17, 15) is 9.50 Å². The molecule has 1 aliphatic rings. The monoisotopic (exact) mass is 368 g/mol. The zero-order valence-electron chi connectivity index (χ0n) is 12.9. The molecule has 1 aliphatic heterocycles. The number of aliphatic hydroxyl groups excluding tert-OH is 2. The molecule has 126 valence electrons. The highest BCUT2D eigenvalue weighted by Crippen LogP contribution is 2.54. The molecule has 0 atom stereocenters. The van der Waals surface area contributed by atoms with Crippen LogP contribution in [-0.4, -0.2) is 27.0 Å². The van der Waals surface area contributed by atoms with E-state index in [4.69, 9.17) is 21.4 Å². The third-order valence-corrected chi connectivity index (χ3v) is 5.16. The van der Waals surface area contributed by atoms with Crippen molar-refractivity contribution >= 4 is 34.0 Å². The topological polar surface area (TPSA) is 75.5 Å². The summed E-state index contributed by atoms with van der Waals surface area (Å²) in [6.45, 7) is 3.12. The first-order valence-electron chi connectivity index (χ1n) is 7.03. The fourth-order valence-corrected chi connectivity index (χ4v) is 3.99. The molecule has 0 spiro atoms. The van der Waals surface area contributed by atoms with Crippen LogP contribution in [0.2, 0.25) is 5.02 Å². The van der Waals surface area contributed by atoms with Gasteiger partial charge in [0.15, 0.2) is 18.3 Å². The molecule has 1 aromatic carbocycles. The number of thioether (sulfide) groups is 1. The summed E-state index contributed by atoms with van der Waals surface area (Å²) in [5, 5.41) is 19.8. The number of hydrogen-bond acceptors (Lipinski definition) is 6. The first-order valence-corrected chi connectivity index (χ1v) is 8.22. The van der Waals surface area contributed by atoms with Crippen molar-refractivity contribution in [3.8, 4) is 5.75 Å². The maximum Gasteiger partial charge on any atom is 0.186 e. The molecule has 0 saturated carbocycles. The van der Waals surface area contributed by atoms with Crippen molar-refractivity contribution in [2.75, 3.05) is 6.79 Å². The highest BCUT2D eigenvalue weighted by Gasteiger charge is 2.38. The summed E-state index contributed by atoms with van der Waals surface area (Å²) in [5.74, 6) is -0.859. The minimum atomic E-state index is -0.672. The number of aliphatic hydroxyl groups is 2. The normalized spacial score (nSPS) is 16.0. The Bertz CT molecular complexity index is 842. The number of halogens is 2. The summed E-state index contributed by atoms with van der Waals surface area (Å²) in [5.41, 5.74) is 0.873. The number of nitrogens with zero attached hydrogens (tertiary/aromatic N) is 2. The number of hydrogen-bond donors (Lipinski definition) is 2. The van der Waals surface area contributed by atoms with Crippen molar-refractivity contribution in [2.45, 2.75) is 18.6 Å². The van der Waals surface area contributed by atoms with Gasteiger partial charge in [0, 0.05) is 12.4 Å². The maximum absolute atomic E-state index is 14.5. The summed E-state index contributed by atoms with van der Waals surface area (Å²) in [6.07, 6.45) is 3.00. The molecule has 24 heavy (non-hydrogen) atoms. The van der Waals surface area contributed by atoms with Crippen LogP contribution >= 0.6 is 23.4 Å². The predicted octanol–water partition coefficient (Wildman–Crippen LogP) is 3.96. The lowest BCUT2D eigenvalue weighted by atomic mass is 10.0. The Kier molecular flexibility index (Phi) is 4.42. The lowest BCUT2D eigenvalue weighted by Gasteiger charge is -2.31. The second kappa shape index (κ2) is 6.23. The summed E-state index contributed by atoms with van der Waals surface area (Å²) < 4.78 is 19.1. The second-order valence-corrected chi connectivity index (χ2v) is 7.59. The molecular formula is C16H14ClFN2O3S. The zero-order chi connectivity index (χ0) is 17.5. The minimum Gasteiger partial charge on any atom is -0.504 e. The van der Waals surface area contributed by atoms with Gasteiger partial charge in [0.1, 0.15) is 11.5 Å². The molecule has 0 aliphatic carbocycles. The first kappa shape index (κ1) is 17.0. The second-order valence-electron chi connectivity index (χ2n) is 5.55. The van der Waals surface area contributed by atoms with E-state index in [-0.39, 0.29) is 32.7 Å². The van der Waals surface area contributed by atoms with Crippen LogP contribution in [-0.2, 0) is 4.75 Å². The Labute approximate surface area is 147 Å². The first-order chi connectivity index (χ1) is 11.4. The van der Waals surface area contributed by atoms with Crippen LogP contribution in [0.4, 0.5) is 4.39 Å². The molecule has 2 N–H and O–H groups in total. The minimum absolute atomic E-state index is 0.0107. The van der Waals surface area contributed by atoms with E-state index in [1.54, 1.807) is 6.20 Å². The molecule has 0 saturated heterocycles. The van der Waals surface area contributed by atoms with Crippen molar-refractivity contribution in [3.63, 3.8) is 0 Å². The van der Waals surface area contributed by atoms with Gasteiger partial charge in [-0.05, 0) is 26.0 Å². The molecule has 1 aromatic heterocycles. The van der Waals surface area contributed by atoms with Crippen molar-refractivity contribution in [3.05, 3.63) is 52.3 Å². The molecule has 0 unspecified atom stereocenters. The Morgan fingerprint density at radius 3 is 2.71 bits per heavy atom. The number of fused-ring (bicyclic) bond motifs is 1. The molecule has 2 aromatic rings. The molecule has 0 fully saturated rings. The van der Waals surface area contributed by atoms with E-state index in [0.29, 0.717) is 5.69 Å². The Hall–Kier alpha value is -1.83. The van der Waals surface area contributed by atoms with Gasteiger partial charge in [0.05, 0.1) is 25.9 Å². The number of rotatable bonds is 3. The summed E-state index contributed by atoms with van der Waals surface area (Å²) in [7, 11) is 0. The standard InChI is InChI=1S/C16H14ClFN2O3S/c1-16(2)15-11(19-5-6-20-15)12(22)14(24-16)10-9(18)4-3-8(17)13(10)23-7-21/h3-6,21-22H,7H2,1-2H3. The van der Waals surface area contributed by atoms with Gasteiger partial charge in [-0.2, -0.15) is 0 Å². The summed E-state index contributed by atoms with van der Waals surface area (Å²) in [4.78, 5) is 8.68. The fraction of sp³-hybridized carbons (Fsp3) is 0.250. The number of benzene rings is 1. The highest BCUT2D eigenvalue weighted by molar-refractivity contribution is 8.09. The predicted molar refractivity (Wildman–Crippen MR) is 91.2 cm³/mol. The third-order valence-electron chi connectivity index (χ3n) is 3.56. The van der Waals surface area contributed by atoms with E-state index in [1.165, 1.54) is 30.1 Å². The van der Waals surface area contributed by atoms with Gasteiger partial charge in [0.2, 0.25) is 0 Å². The van der Waals surface area contributed by atoms with Crippen molar-refractivity contribution in [1.82, 2.24) is 9.97 Å². The van der Waals surface area contributed by atoms with Gasteiger partial charge in [0.25, 0.3) is 0 Å². The van der Waals surface area contributed by atoms with Crippen molar-refractivity contribution < 1.29 is 19.3 Å². The zero-order valence-corrected chi connectivity index (χ0v) is 14.5. The largest absolute Gasteiger partial charge is 0.504 e. The lowest BCUT2D eigenvalue weighted by Crippen LogP contribution is -2.22. The van der Waals surface area contributed by atoms with E-state index in [1.807, 2.05) is 13.8 Å². The van der Waals surface area contributed by atoms with Crippen molar-refractivity contribution in [1.29, 1.82) is 0 Å². The molecule has 0 bridgehead atoms. The number of ether oxygens (including phenoxy) is 1. The van der Waals surface area contributed by atoms with Gasteiger partial charge in [-0.25, -0.2) is 9.37 Å². The van der Waals surface area contributed by atoms with Gasteiger partial charge in [-0.3, -0.25) is 4.98 Å². The lowest BCUT2D eigenvalue weighted by molar-refractivity contribution is 0.0980. The van der Waals surface area contributed by atoms with Crippen LogP contribution in [0.15, 0.2) is 24.5 Å². The average molecular weight is 369 g/mol. The van der Waals surface area contributed by atoms with Crippen molar-refractivity contribution in [2.24, 2.45) is 0 Å². The summed E-state index contributed by atoms with van der Waals surface area (Å²) in [6, 6.07) is 2.51. The van der Waals surface area contributed by atoms with Gasteiger partial charge >= 0.3 is 0 Å². The summed E-state index contributed by atoms with van der Waals surface area (Å²) >= 11 is 7.30. The molecule has 5 nitrogen and oxygen atoms in total. The quantitative estimate of drug-likeness (QED) is 0.798. The molecule has 3 rings (SSSR count). The van der Waals surface area contributed by atoms with Gasteiger partial charge in [-0.1, -0.05) is 11.6 Å². The highest BCUT2D eigenvalue weighted by atomic mass is 35.5. The SMILES string of the molecule is CC1(C)SC(c2c(F)ccc(Cl)c2OCO)=C(O)c2nccnc21. The Morgan fingerprint density at radius 1 is 1.29 bits per heavy atom. The van der Waals surface area contributed by atoms with Crippen LogP contribution in [0.5, 0.6) is 5.75 Å². The van der Waals surface area contributed by atoms with Crippen LogP contribution in [0.1, 0.15) is 30.8 Å². The van der Waals surface area contributed by atoms with E-state index < -0.39 is 17.4 Å². The molecular weight excluding hydrogens is 355 g/mol. The van der Waals surface area contributed by atoms with Gasteiger partial charge < -0.3 is 14.9 Å². The average Bonchev–Trinajstić information content (AvgIpc) is 2.55. The molecule has 2 heterocycles. The van der Waals surface area contributed by atoms with E-state index >= 15 is 0 Å². The smallest absolute Gasteiger partial charge is 0.186 e. The van der Waals surface area contributed by atoms with Crippen LogP contribution in [0.25, 0.3) is 10.7 Å². The van der Waals surface area contributed by atoms with E-state index in [0.717, 1.165) is 0 Å². The van der Waals surface area contributed by atoms with Crippen LogP contribution < -0.4 is 4.74 Å². The Morgan fingerprint density at radius 2 is 2.00 bits per heavy atom. The number of aromatic nitrogens is 2. The Balaban J connectivity index is 2.30. The third kappa shape index (κ3) is 2.72. The fourth-order valence-electron chi connectivity index (χ4n) is 2.53. The van der Waals surface area contributed by atoms with Gasteiger partial charge in [-0.15, -0.1) is 11.8 Å². The van der Waals surface area contributed by atoms with Crippen LogP contribution in [0, 0.1) is 5.82 Å². The van der Waals surface area contributed by atoms with E-state index in [2.05, 4.69) is 9.97 Å². The maximum atomic E-state index is 14.5. The van der Waals surface area contributed by atoms with Crippen LogP contribution in [0.3, 0.4) is 0 Å².